The van der Waals surface area contributed by atoms with Gasteiger partial charge < -0.3 is 38.6 Å². The largest absolute Gasteiger partial charge is 0.495 e. The highest BCUT2D eigenvalue weighted by atomic mass is 17.2. The van der Waals surface area contributed by atoms with Gasteiger partial charge in [-0.3, -0.25) is 4.79 Å². The third-order valence-corrected chi connectivity index (χ3v) is 5.47. The molecule has 0 amide bonds. The molecule has 0 radical (unpaired) electrons. The predicted molar refractivity (Wildman–Crippen MR) is 143 cm³/mol. The van der Waals surface area contributed by atoms with Gasteiger partial charge in [0.15, 0.2) is 22.9 Å². The fraction of sp³-hybridized carbons (Fsp3) is 0.250. The molecule has 12 heteroatoms. The van der Waals surface area contributed by atoms with E-state index in [-0.39, 0.29) is 17.1 Å². The quantitative estimate of drug-likeness (QED) is 0.201. The Balaban J connectivity index is 0.000000482. The normalized spacial score (nSPS) is 12.2. The molecule has 40 heavy (non-hydrogen) atoms. The highest BCUT2D eigenvalue weighted by Gasteiger charge is 2.28. The van der Waals surface area contributed by atoms with Crippen LogP contribution < -0.4 is 19.1 Å². The van der Waals surface area contributed by atoms with Crippen LogP contribution in [0.15, 0.2) is 53.2 Å². The zero-order valence-electron chi connectivity index (χ0n) is 22.3. The number of ketones is 1. The molecule has 0 atom stereocenters. The molecule has 12 nitrogen and oxygen atoms in total. The Bertz CT molecular complexity index is 1420. The number of carbonyl (C=O) groups is 3. The number of furan rings is 1. The van der Waals surface area contributed by atoms with Crippen LogP contribution in [0.25, 0.3) is 17.0 Å². The zero-order chi connectivity index (χ0) is 29.2. The van der Waals surface area contributed by atoms with Crippen LogP contribution in [0.4, 0.5) is 0 Å². The van der Waals surface area contributed by atoms with Gasteiger partial charge in [-0.2, -0.15) is 4.89 Å². The highest BCUT2D eigenvalue weighted by Crippen LogP contribution is 2.46. The average molecular weight is 556 g/mol. The van der Waals surface area contributed by atoms with Crippen molar-refractivity contribution in [2.45, 2.75) is 6.61 Å². The van der Waals surface area contributed by atoms with Crippen LogP contribution in [-0.4, -0.2) is 74.3 Å². The van der Waals surface area contributed by atoms with Gasteiger partial charge in [0.1, 0.15) is 24.5 Å². The average Bonchev–Trinajstić information content (AvgIpc) is 3.59. The number of hydrogen-bond donors (Lipinski definition) is 2. The van der Waals surface area contributed by atoms with Crippen molar-refractivity contribution in [2.24, 2.45) is 0 Å². The SMILES string of the molecule is COc1c(C(=O)/C=C/c2ccc3c(c2)OOC3)c(OCCN(C)C)c(OC)c2occc12.O=C(O)/C=C\C(=O)O. The van der Waals surface area contributed by atoms with E-state index in [0.717, 1.165) is 11.1 Å². The van der Waals surface area contributed by atoms with Crippen LogP contribution in [0.5, 0.6) is 23.0 Å². The molecule has 2 heterocycles. The molecule has 212 valence electrons. The standard InChI is InChI=1S/C24H25NO7.C4H4O4/c1-25(2)10-12-30-23-20(21(27-3)17-9-11-29-22(17)24(23)28-4)18(26)8-6-15-5-7-16-14-31-32-19(16)13-15;5-3(6)1-2-4(7)8/h5-9,11,13H,10,12,14H2,1-4H3;1-2H,(H,5,6)(H,7,8)/b8-6+;2-1-. The number of aliphatic carboxylic acids is 2. The van der Waals surface area contributed by atoms with Crippen LogP contribution in [0.1, 0.15) is 21.5 Å². The Morgan fingerprint density at radius 3 is 2.30 bits per heavy atom. The van der Waals surface area contributed by atoms with E-state index in [4.69, 9.17) is 38.6 Å². The molecule has 1 aliphatic heterocycles. The minimum absolute atomic E-state index is 0.272. The van der Waals surface area contributed by atoms with Crippen LogP contribution in [-0.2, 0) is 21.1 Å². The molecule has 3 aromatic rings. The van der Waals surface area contributed by atoms with E-state index in [1.807, 2.05) is 37.2 Å². The zero-order valence-corrected chi connectivity index (χ0v) is 22.3. The Kier molecular flexibility index (Phi) is 10.3. The van der Waals surface area contributed by atoms with Crippen molar-refractivity contribution in [3.63, 3.8) is 0 Å². The molecule has 1 aromatic heterocycles. The summed E-state index contributed by atoms with van der Waals surface area (Å²) in [5.41, 5.74) is 2.49. The number of allylic oxidation sites excluding steroid dienone is 1. The second-order valence-electron chi connectivity index (χ2n) is 8.51. The lowest BCUT2D eigenvalue weighted by Gasteiger charge is -2.18. The van der Waals surface area contributed by atoms with Gasteiger partial charge in [-0.05, 0) is 37.9 Å². The molecule has 0 fully saturated rings. The first-order valence-electron chi connectivity index (χ1n) is 11.9. The molecule has 0 unspecified atom stereocenters. The molecule has 4 rings (SSSR count). The van der Waals surface area contributed by atoms with E-state index < -0.39 is 11.9 Å². The number of hydrogen-bond acceptors (Lipinski definition) is 10. The van der Waals surface area contributed by atoms with Gasteiger partial charge in [0.05, 0.1) is 25.9 Å². The Morgan fingerprint density at radius 2 is 1.68 bits per heavy atom. The molecule has 0 bridgehead atoms. The molecule has 2 N–H and O–H groups in total. The number of methoxy groups -OCH3 is 2. The highest BCUT2D eigenvalue weighted by molar-refractivity contribution is 6.15. The van der Waals surface area contributed by atoms with E-state index in [9.17, 15) is 14.4 Å². The van der Waals surface area contributed by atoms with Gasteiger partial charge in [0.2, 0.25) is 5.75 Å². The van der Waals surface area contributed by atoms with Gasteiger partial charge in [-0.25, -0.2) is 9.59 Å². The van der Waals surface area contributed by atoms with Gasteiger partial charge >= 0.3 is 11.9 Å². The number of benzene rings is 2. The van der Waals surface area contributed by atoms with Crippen LogP contribution in [0.3, 0.4) is 0 Å². The summed E-state index contributed by atoms with van der Waals surface area (Å²) in [7, 11) is 6.91. The summed E-state index contributed by atoms with van der Waals surface area (Å²) in [5.74, 6) is -1.15. The van der Waals surface area contributed by atoms with Crippen LogP contribution in [0, 0.1) is 0 Å². The van der Waals surface area contributed by atoms with Crippen molar-refractivity contribution < 1.29 is 53.0 Å². The first kappa shape index (κ1) is 29.7. The molecular formula is C28H29NO11. The van der Waals surface area contributed by atoms with E-state index in [0.29, 0.717) is 60.1 Å². The van der Waals surface area contributed by atoms with Gasteiger partial charge in [-0.1, -0.05) is 18.2 Å². The minimum atomic E-state index is -1.26. The van der Waals surface area contributed by atoms with E-state index in [2.05, 4.69) is 0 Å². The number of carbonyl (C=O) groups excluding carboxylic acids is 1. The molecule has 2 aromatic carbocycles. The summed E-state index contributed by atoms with van der Waals surface area (Å²) >= 11 is 0. The molecule has 1 aliphatic rings. The minimum Gasteiger partial charge on any atom is -0.495 e. The predicted octanol–water partition coefficient (Wildman–Crippen LogP) is 3.82. The smallest absolute Gasteiger partial charge is 0.328 e. The fourth-order valence-corrected chi connectivity index (χ4v) is 3.63. The van der Waals surface area contributed by atoms with Crippen LogP contribution >= 0.6 is 0 Å². The van der Waals surface area contributed by atoms with Crippen molar-refractivity contribution in [3.8, 4) is 23.0 Å². The first-order valence-corrected chi connectivity index (χ1v) is 11.9. The van der Waals surface area contributed by atoms with Crippen molar-refractivity contribution in [1.29, 1.82) is 0 Å². The maximum Gasteiger partial charge on any atom is 0.328 e. The van der Waals surface area contributed by atoms with Crippen molar-refractivity contribution in [1.82, 2.24) is 4.90 Å². The van der Waals surface area contributed by atoms with E-state index >= 15 is 0 Å². The van der Waals surface area contributed by atoms with Gasteiger partial charge in [-0.15, -0.1) is 0 Å². The van der Waals surface area contributed by atoms with Crippen molar-refractivity contribution in [2.75, 3.05) is 41.5 Å². The lowest BCUT2D eigenvalue weighted by atomic mass is 10.0. The molecule has 0 aliphatic carbocycles. The number of carboxylic acid groups (broad SMARTS) is 2. The number of fused-ring (bicyclic) bond motifs is 2. The third kappa shape index (κ3) is 7.40. The number of carboxylic acids is 2. The Hall–Kier alpha value is -4.81. The summed E-state index contributed by atoms with van der Waals surface area (Å²) in [5, 5.41) is 16.3. The van der Waals surface area contributed by atoms with Gasteiger partial charge in [0, 0.05) is 24.3 Å². The number of likely N-dealkylation sites (N-methyl/N-ethyl adjacent to an activating group) is 1. The monoisotopic (exact) mass is 555 g/mol. The van der Waals surface area contributed by atoms with Crippen molar-refractivity contribution in [3.05, 3.63) is 65.4 Å². The lowest BCUT2D eigenvalue weighted by molar-refractivity contribution is -0.194. The topological polar surface area (TPSA) is 154 Å². The maximum atomic E-state index is 13.4. The number of nitrogens with zero attached hydrogens (tertiary/aromatic N) is 1. The van der Waals surface area contributed by atoms with E-state index in [1.54, 1.807) is 12.1 Å². The second-order valence-corrected chi connectivity index (χ2v) is 8.51. The van der Waals surface area contributed by atoms with Crippen LogP contribution in [0.2, 0.25) is 0 Å². The molecule has 0 spiro atoms. The molecular weight excluding hydrogens is 526 g/mol. The van der Waals surface area contributed by atoms with Gasteiger partial charge in [0.25, 0.3) is 0 Å². The summed E-state index contributed by atoms with van der Waals surface area (Å²) in [6, 6.07) is 7.35. The van der Waals surface area contributed by atoms with E-state index in [1.165, 1.54) is 26.6 Å². The Morgan fingerprint density at radius 1 is 0.975 bits per heavy atom. The summed E-state index contributed by atoms with van der Waals surface area (Å²) in [4.78, 5) is 44.6. The number of rotatable bonds is 11. The molecule has 0 saturated carbocycles. The lowest BCUT2D eigenvalue weighted by Crippen LogP contribution is -2.20. The summed E-state index contributed by atoms with van der Waals surface area (Å²) in [6.07, 6.45) is 5.82. The molecule has 0 saturated heterocycles. The first-order chi connectivity index (χ1) is 19.2. The third-order valence-electron chi connectivity index (χ3n) is 5.47. The second kappa shape index (κ2) is 13.8. The maximum absolute atomic E-state index is 13.4. The summed E-state index contributed by atoms with van der Waals surface area (Å²) in [6.45, 7) is 1.42. The van der Waals surface area contributed by atoms with Crippen molar-refractivity contribution >= 4 is 34.8 Å². The Labute approximate surface area is 229 Å². The fourth-order valence-electron chi connectivity index (χ4n) is 3.63. The summed E-state index contributed by atoms with van der Waals surface area (Å²) < 4.78 is 22.8. The number of ether oxygens (including phenoxy) is 3.